The molecule has 0 bridgehead atoms. The smallest absolute Gasteiger partial charge is 0.347 e. The lowest BCUT2D eigenvalue weighted by molar-refractivity contribution is -0.137. The highest BCUT2D eigenvalue weighted by atomic mass is 35.5. The molecule has 0 radical (unpaired) electrons. The summed E-state index contributed by atoms with van der Waals surface area (Å²) in [5.41, 5.74) is -0.939. The Kier molecular flexibility index (Phi) is 7.30. The van der Waals surface area contributed by atoms with Crippen molar-refractivity contribution < 1.29 is 22.8 Å². The van der Waals surface area contributed by atoms with E-state index in [4.69, 9.17) is 11.6 Å². The van der Waals surface area contributed by atoms with Crippen molar-refractivity contribution >= 4 is 29.1 Å². The van der Waals surface area contributed by atoms with E-state index in [-0.39, 0.29) is 24.2 Å². The summed E-state index contributed by atoms with van der Waals surface area (Å²) in [6, 6.07) is 3.04. The molecule has 0 spiro atoms. The largest absolute Gasteiger partial charge is 0.417 e. The number of nitrogens with one attached hydrogen (secondary N) is 1. The first-order valence-electron chi connectivity index (χ1n) is 8.83. The zero-order chi connectivity index (χ0) is 21.1. The van der Waals surface area contributed by atoms with Gasteiger partial charge < -0.3 is 10.2 Å². The molecule has 1 saturated heterocycles. The molecule has 1 N–H and O–H groups in total. The van der Waals surface area contributed by atoms with Crippen LogP contribution in [0.1, 0.15) is 12.5 Å². The average Bonchev–Trinajstić information content (AvgIpc) is 2.61. The predicted molar refractivity (Wildman–Crippen MR) is 101 cm³/mol. The van der Waals surface area contributed by atoms with Crippen LogP contribution in [0.15, 0.2) is 18.2 Å². The molecule has 6 nitrogen and oxygen atoms in total. The predicted octanol–water partition coefficient (Wildman–Crippen LogP) is 2.39. The molecule has 1 aromatic carbocycles. The normalized spacial score (nSPS) is 17.2. The maximum absolute atomic E-state index is 12.9. The second-order valence-electron chi connectivity index (χ2n) is 6.96. The Morgan fingerprint density at radius 3 is 2.36 bits per heavy atom. The maximum atomic E-state index is 12.9. The Labute approximate surface area is 167 Å². The Hall–Kier alpha value is -1.84. The van der Waals surface area contributed by atoms with Gasteiger partial charge in [0, 0.05) is 46.0 Å². The van der Waals surface area contributed by atoms with Crippen LogP contribution < -0.4 is 5.32 Å². The highest BCUT2D eigenvalue weighted by Crippen LogP contribution is 2.36. The molecule has 1 fully saturated rings. The van der Waals surface area contributed by atoms with E-state index in [1.165, 1.54) is 6.07 Å². The van der Waals surface area contributed by atoms with Crippen LogP contribution in [0.2, 0.25) is 5.02 Å². The number of halogens is 4. The monoisotopic (exact) mass is 420 g/mol. The van der Waals surface area contributed by atoms with Gasteiger partial charge in [-0.3, -0.25) is 19.4 Å². The van der Waals surface area contributed by atoms with E-state index in [0.29, 0.717) is 26.2 Å². The van der Waals surface area contributed by atoms with Crippen LogP contribution in [-0.2, 0) is 15.8 Å². The molecule has 28 heavy (non-hydrogen) atoms. The minimum atomic E-state index is -4.59. The Balaban J connectivity index is 1.88. The maximum Gasteiger partial charge on any atom is 0.417 e. The standard InChI is InChI=1S/C18H24ClF3N4O2/c1-12(17(28)24(2)3)26-8-6-25(7-9-26)11-16(27)23-13-4-5-15(19)14(10-13)18(20,21)22/h4-5,10,12H,6-9,11H2,1-3H3,(H,23,27)/t12-/m0/s1. The number of nitrogens with zero attached hydrogens (tertiary/aromatic N) is 3. The molecule has 10 heteroatoms. The molecular weight excluding hydrogens is 397 g/mol. The summed E-state index contributed by atoms with van der Waals surface area (Å²) in [5.74, 6) is -0.379. The zero-order valence-electron chi connectivity index (χ0n) is 16.0. The third kappa shape index (κ3) is 5.83. The Bertz CT molecular complexity index is 719. The lowest BCUT2D eigenvalue weighted by Gasteiger charge is -2.37. The number of carbonyl (C=O) groups is 2. The number of anilines is 1. The van der Waals surface area contributed by atoms with Gasteiger partial charge in [0.2, 0.25) is 11.8 Å². The highest BCUT2D eigenvalue weighted by Gasteiger charge is 2.33. The van der Waals surface area contributed by atoms with Gasteiger partial charge in [0.25, 0.3) is 0 Å². The van der Waals surface area contributed by atoms with Crippen molar-refractivity contribution in [3.8, 4) is 0 Å². The summed E-state index contributed by atoms with van der Waals surface area (Å²) in [5, 5.41) is 2.07. The van der Waals surface area contributed by atoms with Crippen molar-refractivity contribution in [1.82, 2.24) is 14.7 Å². The van der Waals surface area contributed by atoms with Crippen LogP contribution in [-0.4, -0.2) is 79.4 Å². The first-order chi connectivity index (χ1) is 13.0. The van der Waals surface area contributed by atoms with E-state index in [2.05, 4.69) is 5.32 Å². The van der Waals surface area contributed by atoms with E-state index in [1.54, 1.807) is 19.0 Å². The van der Waals surface area contributed by atoms with Gasteiger partial charge in [0.15, 0.2) is 0 Å². The number of amides is 2. The molecule has 2 amide bonds. The van der Waals surface area contributed by atoms with Gasteiger partial charge >= 0.3 is 6.18 Å². The number of benzene rings is 1. The van der Waals surface area contributed by atoms with Gasteiger partial charge in [0.05, 0.1) is 23.2 Å². The van der Waals surface area contributed by atoms with Gasteiger partial charge in [-0.2, -0.15) is 13.2 Å². The molecule has 0 unspecified atom stereocenters. The van der Waals surface area contributed by atoms with Crippen molar-refractivity contribution in [3.05, 3.63) is 28.8 Å². The van der Waals surface area contributed by atoms with E-state index in [0.717, 1.165) is 12.1 Å². The van der Waals surface area contributed by atoms with E-state index in [9.17, 15) is 22.8 Å². The van der Waals surface area contributed by atoms with Crippen molar-refractivity contribution in [2.24, 2.45) is 0 Å². The fourth-order valence-corrected chi connectivity index (χ4v) is 3.29. The summed E-state index contributed by atoms with van der Waals surface area (Å²) < 4.78 is 38.7. The molecule has 0 aliphatic carbocycles. The van der Waals surface area contributed by atoms with Gasteiger partial charge in [-0.05, 0) is 25.1 Å². The summed E-state index contributed by atoms with van der Waals surface area (Å²) >= 11 is 5.58. The number of piperazine rings is 1. The molecule has 156 valence electrons. The van der Waals surface area contributed by atoms with Gasteiger partial charge in [-0.1, -0.05) is 11.6 Å². The van der Waals surface area contributed by atoms with Crippen LogP contribution in [0.25, 0.3) is 0 Å². The summed E-state index contributed by atoms with van der Waals surface area (Å²) in [4.78, 5) is 29.7. The average molecular weight is 421 g/mol. The van der Waals surface area contributed by atoms with E-state index < -0.39 is 22.7 Å². The highest BCUT2D eigenvalue weighted by molar-refractivity contribution is 6.31. The van der Waals surface area contributed by atoms with Gasteiger partial charge in [-0.15, -0.1) is 0 Å². The minimum Gasteiger partial charge on any atom is -0.347 e. The number of alkyl halides is 3. The molecule has 0 saturated carbocycles. The molecule has 2 rings (SSSR count). The SMILES string of the molecule is C[C@@H](C(=O)N(C)C)N1CCN(CC(=O)Nc2ccc(Cl)c(C(F)(F)F)c2)CC1. The third-order valence-electron chi connectivity index (χ3n) is 4.68. The first-order valence-corrected chi connectivity index (χ1v) is 9.21. The number of rotatable bonds is 5. The van der Waals surface area contributed by atoms with E-state index >= 15 is 0 Å². The molecule has 1 aliphatic heterocycles. The fraction of sp³-hybridized carbons (Fsp3) is 0.556. The molecule has 0 aromatic heterocycles. The first kappa shape index (κ1) is 22.4. The number of carbonyl (C=O) groups excluding carboxylic acids is 2. The van der Waals surface area contributed by atoms with Crippen molar-refractivity contribution in [2.45, 2.75) is 19.1 Å². The second-order valence-corrected chi connectivity index (χ2v) is 7.37. The Morgan fingerprint density at radius 1 is 1.21 bits per heavy atom. The van der Waals surface area contributed by atoms with Crippen LogP contribution in [0.3, 0.4) is 0 Å². The minimum absolute atomic E-state index is 0.0226. The number of hydrogen-bond acceptors (Lipinski definition) is 4. The molecule has 1 aromatic rings. The van der Waals surface area contributed by atoms with Gasteiger partial charge in [0.1, 0.15) is 0 Å². The topological polar surface area (TPSA) is 55.9 Å². The van der Waals surface area contributed by atoms with Crippen molar-refractivity contribution in [3.63, 3.8) is 0 Å². The molecule has 1 atom stereocenters. The van der Waals surface area contributed by atoms with Crippen LogP contribution in [0.4, 0.5) is 18.9 Å². The summed E-state index contributed by atoms with van der Waals surface area (Å²) in [6.45, 7) is 4.36. The van der Waals surface area contributed by atoms with Crippen molar-refractivity contribution in [2.75, 3.05) is 52.1 Å². The van der Waals surface area contributed by atoms with E-state index in [1.807, 2.05) is 16.7 Å². The Morgan fingerprint density at radius 2 is 1.82 bits per heavy atom. The fourth-order valence-electron chi connectivity index (χ4n) is 3.06. The molecule has 1 heterocycles. The lowest BCUT2D eigenvalue weighted by atomic mass is 10.2. The third-order valence-corrected chi connectivity index (χ3v) is 5.01. The summed E-state index contributed by atoms with van der Waals surface area (Å²) in [7, 11) is 3.42. The number of hydrogen-bond donors (Lipinski definition) is 1. The molecular formula is C18H24ClF3N4O2. The summed E-state index contributed by atoms with van der Waals surface area (Å²) in [6.07, 6.45) is -4.59. The van der Waals surface area contributed by atoms with Crippen molar-refractivity contribution in [1.29, 1.82) is 0 Å². The van der Waals surface area contributed by atoms with Crippen LogP contribution in [0, 0.1) is 0 Å². The van der Waals surface area contributed by atoms with Gasteiger partial charge in [-0.25, -0.2) is 0 Å². The molecule has 1 aliphatic rings. The lowest BCUT2D eigenvalue weighted by Crippen LogP contribution is -2.54. The van der Waals surface area contributed by atoms with Crippen LogP contribution >= 0.6 is 11.6 Å². The van der Waals surface area contributed by atoms with Crippen LogP contribution in [0.5, 0.6) is 0 Å². The zero-order valence-corrected chi connectivity index (χ0v) is 16.8. The quantitative estimate of drug-likeness (QED) is 0.794. The number of likely N-dealkylation sites (N-methyl/N-ethyl adjacent to an activating group) is 1. The second kappa shape index (κ2) is 9.11.